The van der Waals surface area contributed by atoms with E-state index >= 15 is 0 Å². The molecule has 1 atom stereocenters. The van der Waals surface area contributed by atoms with Crippen LogP contribution in [0.5, 0.6) is 0 Å². The molecule has 0 spiro atoms. The van der Waals surface area contributed by atoms with Crippen molar-refractivity contribution < 1.29 is 4.39 Å². The van der Waals surface area contributed by atoms with Gasteiger partial charge in [-0.25, -0.2) is 4.39 Å². The predicted molar refractivity (Wildman–Crippen MR) is 76.0 cm³/mol. The van der Waals surface area contributed by atoms with Crippen LogP contribution in [-0.4, -0.2) is 18.5 Å². The highest BCUT2D eigenvalue weighted by Gasteiger charge is 2.25. The highest BCUT2D eigenvalue weighted by Crippen LogP contribution is 2.34. The lowest BCUT2D eigenvalue weighted by atomic mass is 9.85. The van der Waals surface area contributed by atoms with E-state index in [1.165, 1.54) is 11.1 Å². The zero-order valence-corrected chi connectivity index (χ0v) is 11.5. The first-order valence-electron chi connectivity index (χ1n) is 6.36. The second-order valence-corrected chi connectivity index (χ2v) is 5.58. The highest BCUT2D eigenvalue weighted by molar-refractivity contribution is 6.30. The quantitative estimate of drug-likeness (QED) is 0.759. The summed E-state index contributed by atoms with van der Waals surface area (Å²) in [6, 6.07) is 13.0. The van der Waals surface area contributed by atoms with Crippen LogP contribution < -0.4 is 0 Å². The number of benzene rings is 2. The van der Waals surface area contributed by atoms with Gasteiger partial charge in [0.1, 0.15) is 5.82 Å². The number of rotatable bonds is 1. The first-order chi connectivity index (χ1) is 9.13. The van der Waals surface area contributed by atoms with Crippen LogP contribution >= 0.6 is 11.6 Å². The third-order valence-electron chi connectivity index (χ3n) is 3.67. The van der Waals surface area contributed by atoms with Crippen LogP contribution in [0.2, 0.25) is 5.02 Å². The number of fused-ring (bicyclic) bond motifs is 1. The Hall–Kier alpha value is -1.38. The summed E-state index contributed by atoms with van der Waals surface area (Å²) in [6.45, 7) is 1.73. The maximum Gasteiger partial charge on any atom is 0.123 e. The zero-order valence-electron chi connectivity index (χ0n) is 10.7. The summed E-state index contributed by atoms with van der Waals surface area (Å²) in [6.07, 6.45) is 0. The van der Waals surface area contributed by atoms with E-state index in [9.17, 15) is 4.39 Å². The molecule has 0 aliphatic carbocycles. The van der Waals surface area contributed by atoms with Crippen LogP contribution in [0.3, 0.4) is 0 Å². The minimum absolute atomic E-state index is 0.168. The SMILES string of the molecule is CN1Cc2cc(F)ccc2C(c2cccc(Cl)c2)C1. The van der Waals surface area contributed by atoms with Gasteiger partial charge in [-0.2, -0.15) is 0 Å². The van der Waals surface area contributed by atoms with Crippen LogP contribution in [-0.2, 0) is 6.54 Å². The lowest BCUT2D eigenvalue weighted by Crippen LogP contribution is -2.31. The fourth-order valence-corrected chi connectivity index (χ4v) is 3.02. The monoisotopic (exact) mass is 275 g/mol. The van der Waals surface area contributed by atoms with Crippen molar-refractivity contribution in [1.29, 1.82) is 0 Å². The van der Waals surface area contributed by atoms with Crippen LogP contribution in [0.15, 0.2) is 42.5 Å². The molecule has 3 heteroatoms. The summed E-state index contributed by atoms with van der Waals surface area (Å²) in [5.74, 6) is 0.0898. The van der Waals surface area contributed by atoms with Crippen molar-refractivity contribution in [3.8, 4) is 0 Å². The normalized spacial score (nSPS) is 19.2. The molecular formula is C16H15ClFN. The van der Waals surface area contributed by atoms with Crippen LogP contribution in [0.4, 0.5) is 4.39 Å². The first kappa shape index (κ1) is 12.6. The minimum atomic E-state index is -0.168. The average molecular weight is 276 g/mol. The summed E-state index contributed by atoms with van der Waals surface area (Å²) in [4.78, 5) is 2.22. The average Bonchev–Trinajstić information content (AvgIpc) is 2.37. The fraction of sp³-hybridized carbons (Fsp3) is 0.250. The topological polar surface area (TPSA) is 3.24 Å². The van der Waals surface area contributed by atoms with Crippen molar-refractivity contribution in [3.05, 3.63) is 70.0 Å². The van der Waals surface area contributed by atoms with Gasteiger partial charge in [0.05, 0.1) is 0 Å². The number of hydrogen-bond acceptors (Lipinski definition) is 1. The summed E-state index contributed by atoms with van der Waals surface area (Å²) >= 11 is 6.08. The molecule has 1 aliphatic rings. The van der Waals surface area contributed by atoms with Gasteiger partial charge in [-0.05, 0) is 48.0 Å². The van der Waals surface area contributed by atoms with Crippen molar-refractivity contribution in [1.82, 2.24) is 4.90 Å². The molecule has 3 rings (SSSR count). The Labute approximate surface area is 117 Å². The number of halogens is 2. The summed E-state index contributed by atoms with van der Waals surface area (Å²) in [7, 11) is 2.06. The van der Waals surface area contributed by atoms with Crippen LogP contribution in [0.1, 0.15) is 22.6 Å². The molecule has 0 saturated heterocycles. The van der Waals surface area contributed by atoms with E-state index in [0.29, 0.717) is 0 Å². The fourth-order valence-electron chi connectivity index (χ4n) is 2.82. The van der Waals surface area contributed by atoms with Gasteiger partial charge >= 0.3 is 0 Å². The minimum Gasteiger partial charge on any atom is -0.301 e. The Morgan fingerprint density at radius 2 is 2.05 bits per heavy atom. The van der Waals surface area contributed by atoms with E-state index in [1.807, 2.05) is 24.3 Å². The lowest BCUT2D eigenvalue weighted by Gasteiger charge is -2.32. The molecule has 0 aromatic heterocycles. The van der Waals surface area contributed by atoms with Gasteiger partial charge in [-0.1, -0.05) is 29.8 Å². The molecule has 0 amide bonds. The van der Waals surface area contributed by atoms with Crippen molar-refractivity contribution in [2.75, 3.05) is 13.6 Å². The molecule has 2 aromatic carbocycles. The molecule has 1 nitrogen and oxygen atoms in total. The number of nitrogens with zero attached hydrogens (tertiary/aromatic N) is 1. The Morgan fingerprint density at radius 3 is 2.84 bits per heavy atom. The lowest BCUT2D eigenvalue weighted by molar-refractivity contribution is 0.294. The Morgan fingerprint density at radius 1 is 1.21 bits per heavy atom. The summed E-state index contributed by atoms with van der Waals surface area (Å²) in [5.41, 5.74) is 3.47. The van der Waals surface area contributed by atoms with Gasteiger partial charge in [0.2, 0.25) is 0 Å². The molecule has 0 N–H and O–H groups in total. The molecule has 0 saturated carbocycles. The van der Waals surface area contributed by atoms with E-state index in [4.69, 9.17) is 11.6 Å². The van der Waals surface area contributed by atoms with Crippen molar-refractivity contribution in [2.45, 2.75) is 12.5 Å². The van der Waals surface area contributed by atoms with Crippen molar-refractivity contribution in [3.63, 3.8) is 0 Å². The molecule has 1 heterocycles. The third kappa shape index (κ3) is 2.51. The van der Waals surface area contributed by atoms with Gasteiger partial charge in [0, 0.05) is 24.0 Å². The smallest absolute Gasteiger partial charge is 0.123 e. The van der Waals surface area contributed by atoms with Gasteiger partial charge in [0.15, 0.2) is 0 Å². The molecule has 2 aromatic rings. The largest absolute Gasteiger partial charge is 0.301 e. The molecule has 0 radical (unpaired) electrons. The zero-order chi connectivity index (χ0) is 13.4. The Balaban J connectivity index is 2.08. The van der Waals surface area contributed by atoms with E-state index in [0.717, 1.165) is 23.7 Å². The molecule has 19 heavy (non-hydrogen) atoms. The second kappa shape index (κ2) is 4.95. The highest BCUT2D eigenvalue weighted by atomic mass is 35.5. The number of likely N-dealkylation sites (N-methyl/N-ethyl adjacent to an activating group) is 1. The number of hydrogen-bond donors (Lipinski definition) is 0. The van der Waals surface area contributed by atoms with E-state index in [2.05, 4.69) is 18.0 Å². The molecule has 1 aliphatic heterocycles. The van der Waals surface area contributed by atoms with Gasteiger partial charge in [0.25, 0.3) is 0 Å². The van der Waals surface area contributed by atoms with E-state index < -0.39 is 0 Å². The maximum atomic E-state index is 13.4. The van der Waals surface area contributed by atoms with Crippen LogP contribution in [0, 0.1) is 5.82 Å². The van der Waals surface area contributed by atoms with E-state index in [1.54, 1.807) is 12.1 Å². The Bertz CT molecular complexity index is 611. The molecule has 98 valence electrons. The molecular weight excluding hydrogens is 261 g/mol. The van der Waals surface area contributed by atoms with Gasteiger partial charge in [-0.3, -0.25) is 0 Å². The summed E-state index contributed by atoms with van der Waals surface area (Å²) < 4.78 is 13.4. The van der Waals surface area contributed by atoms with Crippen molar-refractivity contribution in [2.24, 2.45) is 0 Å². The first-order valence-corrected chi connectivity index (χ1v) is 6.73. The maximum absolute atomic E-state index is 13.4. The van der Waals surface area contributed by atoms with Crippen LogP contribution in [0.25, 0.3) is 0 Å². The summed E-state index contributed by atoms with van der Waals surface area (Å²) in [5, 5.41) is 0.745. The van der Waals surface area contributed by atoms with Gasteiger partial charge < -0.3 is 4.90 Å². The molecule has 0 fully saturated rings. The molecule has 0 bridgehead atoms. The molecule has 1 unspecified atom stereocenters. The predicted octanol–water partition coefficient (Wildman–Crippen LogP) is 4.06. The second-order valence-electron chi connectivity index (χ2n) is 5.15. The van der Waals surface area contributed by atoms with E-state index in [-0.39, 0.29) is 11.7 Å². The third-order valence-corrected chi connectivity index (χ3v) is 3.90. The van der Waals surface area contributed by atoms with Crippen molar-refractivity contribution >= 4 is 11.6 Å². The standard InChI is InChI=1S/C16H15ClFN/c1-19-9-12-8-14(18)5-6-15(12)16(10-19)11-3-2-4-13(17)7-11/h2-8,16H,9-10H2,1H3. The Kier molecular flexibility index (Phi) is 3.29. The van der Waals surface area contributed by atoms with Gasteiger partial charge in [-0.15, -0.1) is 0 Å².